The highest BCUT2D eigenvalue weighted by molar-refractivity contribution is 5.18. The van der Waals surface area contributed by atoms with Crippen LogP contribution in [0.1, 0.15) is 38.1 Å². The standard InChI is InChI=1S/C11H19N3/c1-4-13-5-6-14-8-12-11(9(2)3)10(14)7-13/h8-9H,4-7H2,1-3H3. The molecule has 3 nitrogen and oxygen atoms in total. The van der Waals surface area contributed by atoms with Gasteiger partial charge < -0.3 is 4.57 Å². The van der Waals surface area contributed by atoms with E-state index >= 15 is 0 Å². The average molecular weight is 193 g/mol. The molecule has 0 saturated carbocycles. The van der Waals surface area contributed by atoms with Crippen molar-refractivity contribution in [3.63, 3.8) is 0 Å². The molecule has 2 heterocycles. The van der Waals surface area contributed by atoms with Gasteiger partial charge in [-0.2, -0.15) is 0 Å². The van der Waals surface area contributed by atoms with E-state index in [2.05, 4.69) is 35.2 Å². The Labute approximate surface area is 85.7 Å². The summed E-state index contributed by atoms with van der Waals surface area (Å²) >= 11 is 0. The third kappa shape index (κ3) is 1.57. The number of hydrogen-bond acceptors (Lipinski definition) is 2. The molecule has 1 aromatic rings. The van der Waals surface area contributed by atoms with Crippen LogP contribution >= 0.6 is 0 Å². The van der Waals surface area contributed by atoms with Crippen molar-refractivity contribution in [2.24, 2.45) is 0 Å². The van der Waals surface area contributed by atoms with Crippen LogP contribution in [0, 0.1) is 0 Å². The first-order chi connectivity index (χ1) is 6.72. The predicted molar refractivity (Wildman–Crippen MR) is 57.3 cm³/mol. The Hall–Kier alpha value is -0.830. The van der Waals surface area contributed by atoms with Gasteiger partial charge in [-0.1, -0.05) is 20.8 Å². The lowest BCUT2D eigenvalue weighted by atomic mass is 10.1. The normalized spacial score (nSPS) is 17.4. The first-order valence-corrected chi connectivity index (χ1v) is 5.48. The fourth-order valence-corrected chi connectivity index (χ4v) is 2.08. The van der Waals surface area contributed by atoms with E-state index in [9.17, 15) is 0 Å². The Morgan fingerprint density at radius 2 is 2.21 bits per heavy atom. The molecule has 0 atom stereocenters. The van der Waals surface area contributed by atoms with Gasteiger partial charge in [0.15, 0.2) is 0 Å². The second kappa shape index (κ2) is 3.73. The molecule has 0 aliphatic carbocycles. The first kappa shape index (κ1) is 9.71. The van der Waals surface area contributed by atoms with Crippen molar-refractivity contribution in [2.45, 2.75) is 39.8 Å². The Balaban J connectivity index is 2.28. The van der Waals surface area contributed by atoms with E-state index in [1.165, 1.54) is 11.4 Å². The van der Waals surface area contributed by atoms with Gasteiger partial charge in [-0.15, -0.1) is 0 Å². The summed E-state index contributed by atoms with van der Waals surface area (Å²) in [6.45, 7) is 11.1. The lowest BCUT2D eigenvalue weighted by Gasteiger charge is -2.27. The fourth-order valence-electron chi connectivity index (χ4n) is 2.08. The summed E-state index contributed by atoms with van der Waals surface area (Å²) in [7, 11) is 0. The van der Waals surface area contributed by atoms with Gasteiger partial charge in [0.1, 0.15) is 0 Å². The monoisotopic (exact) mass is 193 g/mol. The Kier molecular flexibility index (Phi) is 2.59. The van der Waals surface area contributed by atoms with Gasteiger partial charge in [0.2, 0.25) is 0 Å². The highest BCUT2D eigenvalue weighted by atomic mass is 15.2. The maximum absolute atomic E-state index is 4.50. The van der Waals surface area contributed by atoms with Gasteiger partial charge in [0, 0.05) is 19.6 Å². The zero-order chi connectivity index (χ0) is 10.1. The summed E-state index contributed by atoms with van der Waals surface area (Å²) < 4.78 is 2.31. The van der Waals surface area contributed by atoms with E-state index < -0.39 is 0 Å². The Bertz CT molecular complexity index is 314. The van der Waals surface area contributed by atoms with Crippen molar-refractivity contribution in [1.82, 2.24) is 14.5 Å². The van der Waals surface area contributed by atoms with Gasteiger partial charge >= 0.3 is 0 Å². The van der Waals surface area contributed by atoms with E-state index in [4.69, 9.17) is 0 Å². The number of rotatable bonds is 2. The minimum absolute atomic E-state index is 0.544. The van der Waals surface area contributed by atoms with Crippen LogP contribution in [0.4, 0.5) is 0 Å². The third-order valence-corrected chi connectivity index (χ3v) is 3.00. The van der Waals surface area contributed by atoms with Gasteiger partial charge in [-0.3, -0.25) is 4.90 Å². The molecule has 1 aromatic heterocycles. The summed E-state index contributed by atoms with van der Waals surface area (Å²) in [6.07, 6.45) is 2.00. The van der Waals surface area contributed by atoms with Crippen molar-refractivity contribution in [1.29, 1.82) is 0 Å². The van der Waals surface area contributed by atoms with Crippen molar-refractivity contribution in [3.05, 3.63) is 17.7 Å². The summed E-state index contributed by atoms with van der Waals surface area (Å²) in [5.41, 5.74) is 2.70. The topological polar surface area (TPSA) is 21.1 Å². The molecule has 2 rings (SSSR count). The van der Waals surface area contributed by atoms with Crippen LogP contribution in [0.3, 0.4) is 0 Å². The summed E-state index contributed by atoms with van der Waals surface area (Å²) in [5.74, 6) is 0.544. The molecule has 1 aliphatic heterocycles. The number of aromatic nitrogens is 2. The summed E-state index contributed by atoms with van der Waals surface area (Å²) in [6, 6.07) is 0. The molecule has 0 unspecified atom stereocenters. The van der Waals surface area contributed by atoms with Crippen LogP contribution < -0.4 is 0 Å². The zero-order valence-corrected chi connectivity index (χ0v) is 9.32. The highest BCUT2D eigenvalue weighted by Crippen LogP contribution is 2.21. The van der Waals surface area contributed by atoms with Crippen LogP contribution in [0.15, 0.2) is 6.33 Å². The zero-order valence-electron chi connectivity index (χ0n) is 9.32. The molecule has 3 heteroatoms. The molecule has 14 heavy (non-hydrogen) atoms. The lowest BCUT2D eigenvalue weighted by Crippen LogP contribution is -2.33. The van der Waals surface area contributed by atoms with Gasteiger partial charge in [-0.25, -0.2) is 4.98 Å². The maximum Gasteiger partial charge on any atom is 0.0952 e. The third-order valence-electron chi connectivity index (χ3n) is 3.00. The van der Waals surface area contributed by atoms with Crippen molar-refractivity contribution >= 4 is 0 Å². The van der Waals surface area contributed by atoms with E-state index in [0.29, 0.717) is 5.92 Å². The van der Waals surface area contributed by atoms with Crippen molar-refractivity contribution in [2.75, 3.05) is 13.1 Å². The van der Waals surface area contributed by atoms with E-state index in [0.717, 1.165) is 26.2 Å². The van der Waals surface area contributed by atoms with Gasteiger partial charge in [0.05, 0.1) is 17.7 Å². The largest absolute Gasteiger partial charge is 0.332 e. The predicted octanol–water partition coefficient (Wildman–Crippen LogP) is 1.84. The molecule has 0 bridgehead atoms. The molecule has 0 aromatic carbocycles. The molecule has 0 saturated heterocycles. The minimum atomic E-state index is 0.544. The Morgan fingerprint density at radius 3 is 2.86 bits per heavy atom. The Morgan fingerprint density at radius 1 is 1.43 bits per heavy atom. The molecule has 0 N–H and O–H groups in total. The first-order valence-electron chi connectivity index (χ1n) is 5.48. The number of hydrogen-bond donors (Lipinski definition) is 0. The van der Waals surface area contributed by atoms with E-state index in [1.807, 2.05) is 6.33 Å². The van der Waals surface area contributed by atoms with Crippen LogP contribution in [-0.4, -0.2) is 27.5 Å². The van der Waals surface area contributed by atoms with Crippen LogP contribution in [0.25, 0.3) is 0 Å². The summed E-state index contributed by atoms with van der Waals surface area (Å²) in [4.78, 5) is 6.98. The minimum Gasteiger partial charge on any atom is -0.332 e. The number of nitrogens with zero attached hydrogens (tertiary/aromatic N) is 3. The van der Waals surface area contributed by atoms with Gasteiger partial charge in [-0.05, 0) is 12.5 Å². The van der Waals surface area contributed by atoms with Crippen LogP contribution in [0.2, 0.25) is 0 Å². The molecule has 0 radical (unpaired) electrons. The molecule has 78 valence electrons. The van der Waals surface area contributed by atoms with E-state index in [1.54, 1.807) is 0 Å². The SMILES string of the molecule is CCN1CCn2cnc(C(C)C)c2C1. The molecular weight excluding hydrogens is 174 g/mol. The lowest BCUT2D eigenvalue weighted by molar-refractivity contribution is 0.231. The van der Waals surface area contributed by atoms with Crippen molar-refractivity contribution < 1.29 is 0 Å². The number of imidazole rings is 1. The maximum atomic E-state index is 4.50. The van der Waals surface area contributed by atoms with Crippen molar-refractivity contribution in [3.8, 4) is 0 Å². The molecule has 1 aliphatic rings. The van der Waals surface area contributed by atoms with Crippen LogP contribution in [-0.2, 0) is 13.1 Å². The highest BCUT2D eigenvalue weighted by Gasteiger charge is 2.20. The second-order valence-electron chi connectivity index (χ2n) is 4.29. The molecule has 0 spiro atoms. The average Bonchev–Trinajstić information content (AvgIpc) is 2.59. The second-order valence-corrected chi connectivity index (χ2v) is 4.29. The van der Waals surface area contributed by atoms with Gasteiger partial charge in [0.25, 0.3) is 0 Å². The number of likely N-dealkylation sites (N-methyl/N-ethyl adjacent to an activating group) is 1. The smallest absolute Gasteiger partial charge is 0.0952 e. The molecule has 0 fully saturated rings. The summed E-state index contributed by atoms with van der Waals surface area (Å²) in [5, 5.41) is 0. The number of fused-ring (bicyclic) bond motifs is 1. The molecule has 0 amide bonds. The quantitative estimate of drug-likeness (QED) is 0.714. The fraction of sp³-hybridized carbons (Fsp3) is 0.727. The van der Waals surface area contributed by atoms with E-state index in [-0.39, 0.29) is 0 Å². The van der Waals surface area contributed by atoms with Crippen LogP contribution in [0.5, 0.6) is 0 Å². The molecular formula is C11H19N3.